The molecule has 0 bridgehead atoms. The van der Waals surface area contributed by atoms with Crippen LogP contribution in [-0.2, 0) is 0 Å². The van der Waals surface area contributed by atoms with Gasteiger partial charge in [-0.1, -0.05) is 103 Å². The van der Waals surface area contributed by atoms with Gasteiger partial charge in [0.2, 0.25) is 0 Å². The molecule has 0 aliphatic heterocycles. The largest absolute Gasteiger partial charge is 0.0683 e. The lowest BCUT2D eigenvalue weighted by molar-refractivity contribution is 0.626. The maximum absolute atomic E-state index is 2.22. The van der Waals surface area contributed by atoms with Crippen molar-refractivity contribution in [3.05, 3.63) is 48.5 Å². The molecule has 0 aromatic heterocycles. The highest BCUT2D eigenvalue weighted by Crippen LogP contribution is 2.11. The van der Waals surface area contributed by atoms with Gasteiger partial charge in [0.25, 0.3) is 0 Å². The zero-order chi connectivity index (χ0) is 15.1. The van der Waals surface area contributed by atoms with Gasteiger partial charge in [-0.3, -0.25) is 0 Å². The summed E-state index contributed by atoms with van der Waals surface area (Å²) in [6.45, 7) is 14.6. The Kier molecular flexibility index (Phi) is 15.6. The van der Waals surface area contributed by atoms with E-state index in [-0.39, 0.29) is 0 Å². The van der Waals surface area contributed by atoms with Crippen molar-refractivity contribution in [3.63, 3.8) is 0 Å². The van der Waals surface area contributed by atoms with Crippen LogP contribution in [0.15, 0.2) is 48.5 Å². The van der Waals surface area contributed by atoms with E-state index in [0.717, 1.165) is 5.92 Å². The molecule has 0 spiro atoms. The second-order valence-electron chi connectivity index (χ2n) is 4.15. The molecule has 0 unspecified atom stereocenters. The van der Waals surface area contributed by atoms with Gasteiger partial charge in [0.15, 0.2) is 0 Å². The van der Waals surface area contributed by atoms with Crippen LogP contribution in [0.1, 0.15) is 54.9 Å². The molecule has 2 aromatic carbocycles. The predicted octanol–water partition coefficient (Wildman–Crippen LogP) is 6.94. The van der Waals surface area contributed by atoms with Gasteiger partial charge in [-0.25, -0.2) is 0 Å². The first-order valence-electron chi connectivity index (χ1n) is 7.67. The third kappa shape index (κ3) is 10.3. The lowest BCUT2D eigenvalue weighted by Crippen LogP contribution is -1.77. The third-order valence-electron chi connectivity index (χ3n) is 2.48. The molecule has 0 nitrogen and oxygen atoms in total. The summed E-state index contributed by atoms with van der Waals surface area (Å²) in [5.41, 5.74) is 0. The zero-order valence-electron chi connectivity index (χ0n) is 13.9. The molecule has 0 heterocycles. The number of hydrogen-bond donors (Lipinski definition) is 0. The Morgan fingerprint density at radius 1 is 0.684 bits per heavy atom. The van der Waals surface area contributed by atoms with E-state index in [2.05, 4.69) is 69.3 Å². The van der Waals surface area contributed by atoms with Crippen molar-refractivity contribution in [2.75, 3.05) is 0 Å². The highest BCUT2D eigenvalue weighted by atomic mass is 13.9. The van der Waals surface area contributed by atoms with Crippen LogP contribution < -0.4 is 0 Å². The van der Waals surface area contributed by atoms with Crippen LogP contribution in [0.2, 0.25) is 0 Å². The Morgan fingerprint density at radius 2 is 0.895 bits per heavy atom. The van der Waals surface area contributed by atoms with Crippen molar-refractivity contribution in [1.82, 2.24) is 0 Å². The van der Waals surface area contributed by atoms with Crippen LogP contribution in [-0.4, -0.2) is 0 Å². The molecule has 0 heteroatoms. The van der Waals surface area contributed by atoms with Crippen LogP contribution in [0.3, 0.4) is 0 Å². The average Bonchev–Trinajstić information content (AvgIpc) is 2.52. The molecule has 0 saturated heterocycles. The highest BCUT2D eigenvalue weighted by molar-refractivity contribution is 5.81. The van der Waals surface area contributed by atoms with E-state index in [0.29, 0.717) is 0 Å². The second-order valence-corrected chi connectivity index (χ2v) is 4.15. The minimum atomic E-state index is 0.884. The topological polar surface area (TPSA) is 0 Å². The Hall–Kier alpha value is -1.30. The van der Waals surface area contributed by atoms with Crippen molar-refractivity contribution in [2.45, 2.75) is 54.9 Å². The second kappa shape index (κ2) is 14.8. The quantitative estimate of drug-likeness (QED) is 0.520. The molecule has 108 valence electrons. The fourth-order valence-corrected chi connectivity index (χ4v) is 1.13. The lowest BCUT2D eigenvalue weighted by atomic mass is 10.1. The molecular weight excluding hydrogens is 228 g/mol. The van der Waals surface area contributed by atoms with Gasteiger partial charge in [-0.2, -0.15) is 0 Å². The van der Waals surface area contributed by atoms with Gasteiger partial charge < -0.3 is 0 Å². The summed E-state index contributed by atoms with van der Waals surface area (Å²) in [6.07, 6.45) is 1.31. The van der Waals surface area contributed by atoms with Crippen molar-refractivity contribution in [3.8, 4) is 0 Å². The molecule has 19 heavy (non-hydrogen) atoms. The first kappa shape index (κ1) is 20.0. The van der Waals surface area contributed by atoms with Gasteiger partial charge in [0.1, 0.15) is 0 Å². The van der Waals surface area contributed by atoms with Crippen LogP contribution in [0.5, 0.6) is 0 Å². The Labute approximate surface area is 120 Å². The summed E-state index contributed by atoms with van der Waals surface area (Å²) in [5.74, 6) is 0.884. The predicted molar refractivity (Wildman–Crippen MR) is 91.8 cm³/mol. The first-order chi connectivity index (χ1) is 9.24. The summed E-state index contributed by atoms with van der Waals surface area (Å²) in [6, 6.07) is 16.7. The summed E-state index contributed by atoms with van der Waals surface area (Å²) in [7, 11) is 0. The van der Waals surface area contributed by atoms with E-state index in [1.54, 1.807) is 0 Å². The molecule has 2 rings (SSSR count). The van der Waals surface area contributed by atoms with E-state index in [9.17, 15) is 0 Å². The van der Waals surface area contributed by atoms with E-state index in [1.165, 1.54) is 17.2 Å². The van der Waals surface area contributed by atoms with E-state index < -0.39 is 0 Å². The fourth-order valence-electron chi connectivity index (χ4n) is 1.13. The maximum Gasteiger partial charge on any atom is -0.0184 e. The molecule has 0 amide bonds. The van der Waals surface area contributed by atoms with Gasteiger partial charge in [0, 0.05) is 0 Å². The summed E-state index contributed by atoms with van der Waals surface area (Å²) in [5, 5.41) is 2.62. The van der Waals surface area contributed by atoms with Crippen molar-refractivity contribution >= 4 is 10.8 Å². The van der Waals surface area contributed by atoms with Gasteiger partial charge >= 0.3 is 0 Å². The normalized spacial score (nSPS) is 8.42. The van der Waals surface area contributed by atoms with Crippen molar-refractivity contribution < 1.29 is 0 Å². The summed E-state index contributed by atoms with van der Waals surface area (Å²) >= 11 is 0. The summed E-state index contributed by atoms with van der Waals surface area (Å²) in [4.78, 5) is 0. The molecule has 0 aliphatic rings. The number of rotatable bonds is 1. The number of benzene rings is 2. The number of hydrogen-bond acceptors (Lipinski definition) is 0. The monoisotopic (exact) mass is 260 g/mol. The molecule has 0 fully saturated rings. The lowest BCUT2D eigenvalue weighted by Gasteiger charge is -1.92. The van der Waals surface area contributed by atoms with E-state index in [1.807, 2.05) is 27.7 Å². The minimum absolute atomic E-state index is 0.884. The Bertz CT molecular complexity index is 322. The van der Waals surface area contributed by atoms with Crippen molar-refractivity contribution in [2.24, 2.45) is 5.92 Å². The smallest absolute Gasteiger partial charge is 0.0184 e. The molecule has 0 N–H and O–H groups in total. The van der Waals surface area contributed by atoms with Gasteiger partial charge in [0.05, 0.1) is 0 Å². The minimum Gasteiger partial charge on any atom is -0.0683 e. The van der Waals surface area contributed by atoms with Gasteiger partial charge in [-0.05, 0) is 16.7 Å². The van der Waals surface area contributed by atoms with Crippen molar-refractivity contribution in [1.29, 1.82) is 0 Å². The van der Waals surface area contributed by atoms with Crippen LogP contribution >= 0.6 is 0 Å². The standard InChI is InChI=1S/C10H8.C5H12.2C2H6/c1-2-6-10-8-4-3-7-9(10)5-1;1-4-5(2)3;2*1-2/h1-8H;5H,4H2,1-3H3;2*1-2H3. The molecule has 0 atom stereocenters. The zero-order valence-corrected chi connectivity index (χ0v) is 13.9. The SMILES string of the molecule is CC.CC.CCC(C)C.c1ccc2ccccc2c1. The summed E-state index contributed by atoms with van der Waals surface area (Å²) < 4.78 is 0. The van der Waals surface area contributed by atoms with Gasteiger partial charge in [-0.15, -0.1) is 0 Å². The van der Waals surface area contributed by atoms with Crippen LogP contribution in [0.25, 0.3) is 10.8 Å². The molecule has 2 aromatic rings. The maximum atomic E-state index is 2.22. The molecule has 0 saturated carbocycles. The third-order valence-corrected chi connectivity index (χ3v) is 2.48. The van der Waals surface area contributed by atoms with Crippen LogP contribution in [0.4, 0.5) is 0 Å². The van der Waals surface area contributed by atoms with E-state index >= 15 is 0 Å². The van der Waals surface area contributed by atoms with Crippen LogP contribution in [0, 0.1) is 5.92 Å². The first-order valence-corrected chi connectivity index (χ1v) is 7.67. The Balaban J connectivity index is 0. The molecular formula is C19H32. The highest BCUT2D eigenvalue weighted by Gasteiger charge is 1.85. The number of fused-ring (bicyclic) bond motifs is 1. The van der Waals surface area contributed by atoms with E-state index in [4.69, 9.17) is 0 Å². The molecule has 0 aliphatic carbocycles. The average molecular weight is 260 g/mol. The fraction of sp³-hybridized carbons (Fsp3) is 0.474. The Morgan fingerprint density at radius 3 is 1.05 bits per heavy atom. The molecule has 0 radical (unpaired) electrons.